The number of benzene rings is 3. The third-order valence-corrected chi connectivity index (χ3v) is 7.81. The van der Waals surface area contributed by atoms with Crippen molar-refractivity contribution in [2.24, 2.45) is 0 Å². The lowest BCUT2D eigenvalue weighted by Gasteiger charge is -2.27. The van der Waals surface area contributed by atoms with Crippen LogP contribution in [0.25, 0.3) is 10.8 Å². The van der Waals surface area contributed by atoms with Gasteiger partial charge in [-0.25, -0.2) is 0 Å². The number of carbonyl (C=O) groups excluding carboxylic acids is 3. The summed E-state index contributed by atoms with van der Waals surface area (Å²) in [5.74, 6) is 0.248. The monoisotopic (exact) mass is 618 g/mol. The number of hydrogen-bond acceptors (Lipinski definition) is 6. The first-order valence-electron chi connectivity index (χ1n) is 13.2. The summed E-state index contributed by atoms with van der Waals surface area (Å²) in [6, 6.07) is 18.7. The Hall–Kier alpha value is -4.15. The highest BCUT2D eigenvalue weighted by Gasteiger charge is 2.38. The Balaban J connectivity index is 1.65. The van der Waals surface area contributed by atoms with Gasteiger partial charge in [-0.3, -0.25) is 14.4 Å². The zero-order valence-corrected chi connectivity index (χ0v) is 24.8. The van der Waals surface area contributed by atoms with Gasteiger partial charge in [0.15, 0.2) is 5.76 Å². The molecule has 0 spiro atoms. The van der Waals surface area contributed by atoms with Gasteiger partial charge in [0.25, 0.3) is 11.8 Å². The maximum absolute atomic E-state index is 14.3. The number of rotatable bonds is 7. The van der Waals surface area contributed by atoms with Crippen molar-refractivity contribution in [1.82, 2.24) is 10.6 Å². The summed E-state index contributed by atoms with van der Waals surface area (Å²) in [6.45, 7) is 3.54. The highest BCUT2D eigenvalue weighted by atomic mass is 79.9. The maximum Gasteiger partial charge on any atom is 0.294 e. The van der Waals surface area contributed by atoms with Gasteiger partial charge in [0.2, 0.25) is 5.91 Å². The van der Waals surface area contributed by atoms with Crippen LogP contribution in [0.2, 0.25) is 0 Å². The average molecular weight is 620 g/mol. The Morgan fingerprint density at radius 1 is 1.10 bits per heavy atom. The van der Waals surface area contributed by atoms with Crippen LogP contribution in [0.15, 0.2) is 75.6 Å². The Bertz CT molecular complexity index is 1630. The maximum atomic E-state index is 14.3. The lowest BCUT2D eigenvalue weighted by atomic mass is 10.0. The molecular formula is C31H31BrN4O5. The molecule has 0 saturated heterocycles. The van der Waals surface area contributed by atoms with Gasteiger partial charge in [-0.05, 0) is 74.1 Å². The van der Waals surface area contributed by atoms with Crippen LogP contribution in [0.3, 0.4) is 0 Å². The Labute approximate surface area is 246 Å². The molecule has 5 rings (SSSR count). The van der Waals surface area contributed by atoms with Gasteiger partial charge < -0.3 is 29.6 Å². The van der Waals surface area contributed by atoms with Gasteiger partial charge in [0, 0.05) is 10.0 Å². The van der Waals surface area contributed by atoms with Crippen LogP contribution >= 0.6 is 15.9 Å². The summed E-state index contributed by atoms with van der Waals surface area (Å²) >= 11 is 3.54. The second-order valence-electron chi connectivity index (χ2n) is 9.92. The molecule has 3 amide bonds. The van der Waals surface area contributed by atoms with Gasteiger partial charge in [-0.15, -0.1) is 0 Å². The molecule has 212 valence electrons. The standard InChI is InChI=1S/C31H31BrN4O5/c1-18-9-13-28(41-18)31(39)36-17-24(34-29(37)19(2)33-3)30(38)35(25-7-5-6-8-26(25)36)16-23-22-12-11-21(32)15-20(22)10-14-27(23)40-4/h5-15,19,24,33H,16-17H2,1-4H3,(H,34,37)/t19?,24-/m0/s1. The number of amides is 3. The van der Waals surface area contributed by atoms with E-state index in [0.717, 1.165) is 20.8 Å². The number of furan rings is 1. The molecular weight excluding hydrogens is 588 g/mol. The van der Waals surface area contributed by atoms with Crippen molar-refractivity contribution >= 4 is 55.8 Å². The molecule has 0 aliphatic carbocycles. The van der Waals surface area contributed by atoms with E-state index in [4.69, 9.17) is 9.15 Å². The van der Waals surface area contributed by atoms with Crippen LogP contribution in [-0.4, -0.2) is 50.5 Å². The smallest absolute Gasteiger partial charge is 0.294 e. The van der Waals surface area contributed by atoms with E-state index in [1.807, 2.05) is 42.5 Å². The fourth-order valence-corrected chi connectivity index (χ4v) is 5.40. The van der Waals surface area contributed by atoms with E-state index in [-0.39, 0.29) is 30.7 Å². The number of halogens is 1. The number of aryl methyl sites for hydroxylation is 1. The molecule has 2 N–H and O–H groups in total. The van der Waals surface area contributed by atoms with Crippen molar-refractivity contribution < 1.29 is 23.5 Å². The van der Waals surface area contributed by atoms with E-state index in [1.54, 1.807) is 57.2 Å². The van der Waals surface area contributed by atoms with E-state index in [2.05, 4.69) is 26.6 Å². The van der Waals surface area contributed by atoms with Crippen LogP contribution in [0.1, 0.15) is 28.8 Å². The number of ether oxygens (including phenoxy) is 1. The van der Waals surface area contributed by atoms with Crippen LogP contribution in [-0.2, 0) is 16.1 Å². The predicted molar refractivity (Wildman–Crippen MR) is 161 cm³/mol. The summed E-state index contributed by atoms with van der Waals surface area (Å²) in [5.41, 5.74) is 1.86. The molecule has 4 aromatic rings. The van der Waals surface area contributed by atoms with E-state index in [0.29, 0.717) is 22.9 Å². The molecule has 9 nitrogen and oxygen atoms in total. The lowest BCUT2D eigenvalue weighted by molar-refractivity contribution is -0.128. The third kappa shape index (κ3) is 5.57. The molecule has 2 heterocycles. The summed E-state index contributed by atoms with van der Waals surface area (Å²) in [5, 5.41) is 7.67. The van der Waals surface area contributed by atoms with Crippen molar-refractivity contribution in [1.29, 1.82) is 0 Å². The molecule has 0 saturated carbocycles. The zero-order chi connectivity index (χ0) is 29.3. The van der Waals surface area contributed by atoms with Gasteiger partial charge >= 0.3 is 0 Å². The fourth-order valence-electron chi connectivity index (χ4n) is 5.02. The predicted octanol–water partition coefficient (Wildman–Crippen LogP) is 4.80. The number of nitrogens with zero attached hydrogens (tertiary/aromatic N) is 2. The molecule has 2 atom stereocenters. The van der Waals surface area contributed by atoms with Gasteiger partial charge in [0.1, 0.15) is 17.6 Å². The highest BCUT2D eigenvalue weighted by molar-refractivity contribution is 9.10. The molecule has 0 fully saturated rings. The van der Waals surface area contributed by atoms with Gasteiger partial charge in [-0.1, -0.05) is 40.2 Å². The first kappa shape index (κ1) is 28.4. The van der Waals surface area contributed by atoms with Crippen molar-refractivity contribution in [3.8, 4) is 5.75 Å². The largest absolute Gasteiger partial charge is 0.496 e. The lowest BCUT2D eigenvalue weighted by Crippen LogP contribution is -2.55. The van der Waals surface area contributed by atoms with Crippen LogP contribution < -0.4 is 25.2 Å². The van der Waals surface area contributed by atoms with E-state index >= 15 is 0 Å². The molecule has 41 heavy (non-hydrogen) atoms. The number of fused-ring (bicyclic) bond motifs is 2. The number of carbonyl (C=O) groups is 3. The second kappa shape index (κ2) is 11.8. The molecule has 1 aliphatic heterocycles. The van der Waals surface area contributed by atoms with Crippen molar-refractivity contribution in [3.63, 3.8) is 0 Å². The molecule has 3 aromatic carbocycles. The summed E-state index contributed by atoms with van der Waals surface area (Å²) in [4.78, 5) is 44.2. The minimum absolute atomic E-state index is 0.0767. The highest BCUT2D eigenvalue weighted by Crippen LogP contribution is 2.38. The number of para-hydroxylation sites is 2. The number of methoxy groups -OCH3 is 1. The van der Waals surface area contributed by atoms with E-state index in [1.165, 1.54) is 4.90 Å². The number of hydrogen-bond donors (Lipinski definition) is 2. The van der Waals surface area contributed by atoms with Crippen LogP contribution in [0.4, 0.5) is 11.4 Å². The first-order valence-corrected chi connectivity index (χ1v) is 14.0. The Morgan fingerprint density at radius 3 is 2.54 bits per heavy atom. The van der Waals surface area contributed by atoms with Crippen molar-refractivity contribution in [2.75, 3.05) is 30.5 Å². The number of nitrogens with one attached hydrogen (secondary N) is 2. The van der Waals surface area contributed by atoms with E-state index in [9.17, 15) is 14.4 Å². The van der Waals surface area contributed by atoms with Crippen LogP contribution in [0, 0.1) is 6.92 Å². The molecule has 10 heteroatoms. The Morgan fingerprint density at radius 2 is 1.85 bits per heavy atom. The quantitative estimate of drug-likeness (QED) is 0.308. The molecule has 0 radical (unpaired) electrons. The van der Waals surface area contributed by atoms with Crippen molar-refractivity contribution in [2.45, 2.75) is 32.5 Å². The molecule has 1 aliphatic rings. The Kier molecular flexibility index (Phi) is 8.14. The van der Waals surface area contributed by atoms with Gasteiger partial charge in [-0.2, -0.15) is 0 Å². The van der Waals surface area contributed by atoms with Crippen molar-refractivity contribution in [3.05, 3.63) is 88.3 Å². The topological polar surface area (TPSA) is 104 Å². The SMILES string of the molecule is CNC(C)C(=O)N[C@H]1CN(C(=O)c2ccc(C)o2)c2ccccc2N(Cc2c(OC)ccc3cc(Br)ccc23)C1=O. The summed E-state index contributed by atoms with van der Waals surface area (Å²) in [7, 11) is 3.26. The zero-order valence-electron chi connectivity index (χ0n) is 23.2. The second-order valence-corrected chi connectivity index (χ2v) is 10.8. The van der Waals surface area contributed by atoms with Crippen LogP contribution in [0.5, 0.6) is 5.75 Å². The molecule has 0 bridgehead atoms. The average Bonchev–Trinajstić information content (AvgIpc) is 3.38. The van der Waals surface area contributed by atoms with E-state index < -0.39 is 18.0 Å². The fraction of sp³-hybridized carbons (Fsp3) is 0.258. The summed E-state index contributed by atoms with van der Waals surface area (Å²) < 4.78 is 12.3. The number of anilines is 2. The summed E-state index contributed by atoms with van der Waals surface area (Å²) in [6.07, 6.45) is 0. The first-order chi connectivity index (χ1) is 19.7. The van der Waals surface area contributed by atoms with Gasteiger partial charge in [0.05, 0.1) is 37.6 Å². The normalized spacial score (nSPS) is 15.8. The molecule has 1 aromatic heterocycles. The molecule has 1 unspecified atom stereocenters. The number of likely N-dealkylation sites (N-methyl/N-ethyl adjacent to an activating group) is 1. The third-order valence-electron chi connectivity index (χ3n) is 7.32. The minimum Gasteiger partial charge on any atom is -0.496 e. The minimum atomic E-state index is -1.03.